The predicted molar refractivity (Wildman–Crippen MR) is 82.1 cm³/mol. The lowest BCUT2D eigenvalue weighted by atomic mass is 10.1. The van der Waals surface area contributed by atoms with Gasteiger partial charge < -0.3 is 0 Å². The number of H-pyrrole nitrogens is 1. The van der Waals surface area contributed by atoms with Crippen molar-refractivity contribution in [2.24, 2.45) is 0 Å². The van der Waals surface area contributed by atoms with Crippen molar-refractivity contribution in [2.75, 3.05) is 0 Å². The lowest BCUT2D eigenvalue weighted by Gasteiger charge is -1.98. The van der Waals surface area contributed by atoms with Crippen molar-refractivity contribution in [1.29, 1.82) is 0 Å². The van der Waals surface area contributed by atoms with Crippen molar-refractivity contribution >= 4 is 38.2 Å². The summed E-state index contributed by atoms with van der Waals surface area (Å²) in [5.41, 5.74) is 4.04. The smallest absolute Gasteiger partial charge is 0.212 e. The molecule has 0 saturated heterocycles. The summed E-state index contributed by atoms with van der Waals surface area (Å²) in [6.07, 6.45) is 2.01. The summed E-state index contributed by atoms with van der Waals surface area (Å²) in [4.78, 5) is 4.82. The fourth-order valence-corrected chi connectivity index (χ4v) is 3.01. The Hall–Kier alpha value is -3.01. The Morgan fingerprint density at radius 1 is 0.762 bits per heavy atom. The molecule has 0 spiro atoms. The van der Waals surface area contributed by atoms with Gasteiger partial charge in [-0.3, -0.25) is 0 Å². The normalized spacial score (nSPS) is 11.8. The number of rotatable bonds is 0. The van der Waals surface area contributed by atoms with E-state index in [9.17, 15) is 0 Å². The molecule has 0 aliphatic rings. The number of pyridine rings is 1. The average molecular weight is 271 g/mol. The highest BCUT2D eigenvalue weighted by Crippen LogP contribution is 2.28. The second kappa shape index (κ2) is 3.76. The molecule has 0 radical (unpaired) electrons. The minimum absolute atomic E-state index is 0.942. The SMILES string of the molecule is c1ccc2c(c1)nc1c2cc[n+]2[nH]nc3ccccc3c12. The van der Waals surface area contributed by atoms with Crippen LogP contribution in [0.2, 0.25) is 0 Å². The Morgan fingerprint density at radius 3 is 2.43 bits per heavy atom. The number of nitrogens with zero attached hydrogens (tertiary/aromatic N) is 3. The van der Waals surface area contributed by atoms with Crippen LogP contribution in [0, 0.1) is 0 Å². The van der Waals surface area contributed by atoms with Crippen LogP contribution >= 0.6 is 0 Å². The Balaban J connectivity index is 2.14. The molecule has 4 heteroatoms. The van der Waals surface area contributed by atoms with Crippen molar-refractivity contribution in [2.45, 2.75) is 0 Å². The highest BCUT2D eigenvalue weighted by Gasteiger charge is 2.15. The third kappa shape index (κ3) is 1.36. The molecule has 5 aromatic rings. The summed E-state index contributed by atoms with van der Waals surface area (Å²) < 4.78 is 1.93. The number of aromatic amines is 1. The van der Waals surface area contributed by atoms with E-state index in [0.29, 0.717) is 0 Å². The second-order valence-electron chi connectivity index (χ2n) is 5.15. The molecule has 98 valence electrons. The lowest BCUT2D eigenvalue weighted by Crippen LogP contribution is -2.27. The molecule has 5 rings (SSSR count). The van der Waals surface area contributed by atoms with Crippen LogP contribution in [0.4, 0.5) is 0 Å². The molecule has 0 atom stereocenters. The molecule has 0 unspecified atom stereocenters. The maximum absolute atomic E-state index is 4.82. The van der Waals surface area contributed by atoms with E-state index in [1.165, 1.54) is 10.8 Å². The van der Waals surface area contributed by atoms with Gasteiger partial charge in [-0.1, -0.05) is 35.5 Å². The van der Waals surface area contributed by atoms with E-state index in [4.69, 9.17) is 4.98 Å². The summed E-state index contributed by atoms with van der Waals surface area (Å²) in [5.74, 6) is 0. The third-order valence-corrected chi connectivity index (χ3v) is 3.97. The topological polar surface area (TPSA) is 45.7 Å². The van der Waals surface area contributed by atoms with Crippen LogP contribution in [0.3, 0.4) is 0 Å². The van der Waals surface area contributed by atoms with E-state index in [1.807, 2.05) is 35.0 Å². The van der Waals surface area contributed by atoms with Crippen molar-refractivity contribution in [3.8, 4) is 0 Å². The first-order valence-electron chi connectivity index (χ1n) is 6.88. The highest BCUT2D eigenvalue weighted by atomic mass is 15.4. The van der Waals surface area contributed by atoms with E-state index < -0.39 is 0 Å². The second-order valence-corrected chi connectivity index (χ2v) is 5.15. The molecule has 4 nitrogen and oxygen atoms in total. The number of aromatic nitrogens is 4. The highest BCUT2D eigenvalue weighted by molar-refractivity contribution is 6.15. The Morgan fingerprint density at radius 2 is 1.52 bits per heavy atom. The first kappa shape index (κ1) is 10.7. The van der Waals surface area contributed by atoms with Gasteiger partial charge in [0.05, 0.1) is 10.9 Å². The van der Waals surface area contributed by atoms with Crippen LogP contribution in [0.25, 0.3) is 38.2 Å². The number of nitrogens with one attached hydrogen (secondary N) is 1. The van der Waals surface area contributed by atoms with Gasteiger partial charge in [0, 0.05) is 15.9 Å². The third-order valence-electron chi connectivity index (χ3n) is 3.97. The molecule has 3 aromatic heterocycles. The fraction of sp³-hybridized carbons (Fsp3) is 0. The quantitative estimate of drug-likeness (QED) is 0.347. The molecular formula is C17H11N4+. The molecule has 0 aliphatic heterocycles. The van der Waals surface area contributed by atoms with Crippen molar-refractivity contribution in [3.05, 3.63) is 60.8 Å². The van der Waals surface area contributed by atoms with Crippen molar-refractivity contribution in [1.82, 2.24) is 15.3 Å². The zero-order valence-electron chi connectivity index (χ0n) is 11.1. The molecule has 0 aliphatic carbocycles. The van der Waals surface area contributed by atoms with Gasteiger partial charge in [-0.2, -0.15) is 0 Å². The fourth-order valence-electron chi connectivity index (χ4n) is 3.01. The predicted octanol–water partition coefficient (Wildman–Crippen LogP) is 3.00. The van der Waals surface area contributed by atoms with E-state index in [2.05, 4.69) is 40.6 Å². The average Bonchev–Trinajstić information content (AvgIpc) is 2.93. The molecule has 3 heterocycles. The number of benzene rings is 2. The summed E-state index contributed by atoms with van der Waals surface area (Å²) in [7, 11) is 0. The first-order chi connectivity index (χ1) is 10.4. The van der Waals surface area contributed by atoms with Crippen LogP contribution in [0.1, 0.15) is 0 Å². The number of hydrogen-bond donors (Lipinski definition) is 1. The van der Waals surface area contributed by atoms with Gasteiger partial charge in [0.25, 0.3) is 0 Å². The van der Waals surface area contributed by atoms with Crippen LogP contribution in [0.5, 0.6) is 0 Å². The van der Waals surface area contributed by atoms with E-state index in [-0.39, 0.29) is 0 Å². The van der Waals surface area contributed by atoms with E-state index in [1.54, 1.807) is 0 Å². The maximum Gasteiger partial charge on any atom is 0.212 e. The maximum atomic E-state index is 4.82. The minimum atomic E-state index is 0.942. The number of fused-ring (bicyclic) bond motifs is 7. The lowest BCUT2D eigenvalue weighted by molar-refractivity contribution is -0.585. The van der Waals surface area contributed by atoms with Crippen LogP contribution in [-0.4, -0.2) is 15.3 Å². The molecule has 0 fully saturated rings. The summed E-state index contributed by atoms with van der Waals surface area (Å²) in [6, 6.07) is 18.5. The van der Waals surface area contributed by atoms with E-state index in [0.717, 1.165) is 27.5 Å². The van der Waals surface area contributed by atoms with Gasteiger partial charge in [-0.25, -0.2) is 4.98 Å². The Kier molecular flexibility index (Phi) is 1.92. The molecule has 0 amide bonds. The molecule has 1 N–H and O–H groups in total. The monoisotopic (exact) mass is 271 g/mol. The number of hydrogen-bond acceptors (Lipinski definition) is 2. The summed E-state index contributed by atoms with van der Waals surface area (Å²) in [6.45, 7) is 0. The standard InChI is InChI=1S/C17H10N4/c1-3-7-14-11(5-1)12-9-10-21-17(16(12)18-14)13-6-2-4-8-15(13)19-20-21/h1-10H/p+1. The minimum Gasteiger partial charge on any atom is -0.243 e. The zero-order chi connectivity index (χ0) is 13.8. The van der Waals surface area contributed by atoms with Crippen LogP contribution in [-0.2, 0) is 0 Å². The largest absolute Gasteiger partial charge is 0.243 e. The Bertz CT molecular complexity index is 1140. The van der Waals surface area contributed by atoms with Gasteiger partial charge in [0.1, 0.15) is 11.7 Å². The molecule has 21 heavy (non-hydrogen) atoms. The van der Waals surface area contributed by atoms with Gasteiger partial charge in [-0.05, 0) is 24.3 Å². The molecule has 0 saturated carbocycles. The first-order valence-corrected chi connectivity index (χ1v) is 6.88. The zero-order valence-corrected chi connectivity index (χ0v) is 11.1. The van der Waals surface area contributed by atoms with Gasteiger partial charge in [0.2, 0.25) is 5.52 Å². The summed E-state index contributed by atoms with van der Waals surface area (Å²) in [5, 5.41) is 10.9. The van der Waals surface area contributed by atoms with Gasteiger partial charge in [0.15, 0.2) is 5.52 Å². The van der Waals surface area contributed by atoms with Gasteiger partial charge >= 0.3 is 0 Å². The van der Waals surface area contributed by atoms with Crippen molar-refractivity contribution < 1.29 is 4.52 Å². The van der Waals surface area contributed by atoms with Crippen LogP contribution < -0.4 is 4.52 Å². The number of para-hydroxylation sites is 2. The van der Waals surface area contributed by atoms with Crippen LogP contribution in [0.15, 0.2) is 60.8 Å². The van der Waals surface area contributed by atoms with Crippen molar-refractivity contribution in [3.63, 3.8) is 0 Å². The molecule has 0 bridgehead atoms. The Labute approximate surface area is 119 Å². The molecular weight excluding hydrogens is 260 g/mol. The molecule has 2 aromatic carbocycles. The van der Waals surface area contributed by atoms with E-state index >= 15 is 0 Å². The van der Waals surface area contributed by atoms with Gasteiger partial charge in [-0.15, -0.1) is 4.52 Å². The summed E-state index contributed by atoms with van der Waals surface area (Å²) >= 11 is 0.